The van der Waals surface area contributed by atoms with Gasteiger partial charge < -0.3 is 20.8 Å². The van der Waals surface area contributed by atoms with Crippen LogP contribution in [0.2, 0.25) is 5.02 Å². The molecule has 4 N–H and O–H groups in total. The lowest BCUT2D eigenvalue weighted by Gasteiger charge is -2.12. The number of thiophene rings is 1. The van der Waals surface area contributed by atoms with E-state index in [0.29, 0.717) is 24.5 Å². The minimum atomic E-state index is -0.233. The molecule has 5 aromatic rings. The van der Waals surface area contributed by atoms with Crippen molar-refractivity contribution in [3.8, 4) is 11.1 Å². The van der Waals surface area contributed by atoms with Gasteiger partial charge in [0.1, 0.15) is 0 Å². The fraction of sp³-hybridized carbons (Fsp3) is 0.179. The van der Waals surface area contributed by atoms with Gasteiger partial charge in [-0.2, -0.15) is 0 Å². The van der Waals surface area contributed by atoms with Gasteiger partial charge in [0.15, 0.2) is 0 Å². The molecule has 0 aliphatic rings. The molecule has 0 atom stereocenters. The number of aromatic nitrogens is 1. The average Bonchev–Trinajstić information content (AvgIpc) is 3.37. The molecule has 0 aliphatic heterocycles. The van der Waals surface area contributed by atoms with Gasteiger partial charge >= 0.3 is 5.97 Å². The van der Waals surface area contributed by atoms with Gasteiger partial charge in [-0.05, 0) is 88.8 Å². The molecule has 0 saturated carbocycles. The number of rotatable bonds is 6. The van der Waals surface area contributed by atoms with Crippen LogP contribution in [0.5, 0.6) is 0 Å². The van der Waals surface area contributed by atoms with E-state index in [-0.39, 0.29) is 12.4 Å². The molecule has 5 nitrogen and oxygen atoms in total. The molecule has 7 heteroatoms. The molecule has 35 heavy (non-hydrogen) atoms. The Hall–Kier alpha value is -3.48. The van der Waals surface area contributed by atoms with Crippen LogP contribution < -0.4 is 11.5 Å². The predicted molar refractivity (Wildman–Crippen MR) is 147 cm³/mol. The zero-order valence-electron chi connectivity index (χ0n) is 19.6. The Morgan fingerprint density at radius 3 is 2.69 bits per heavy atom. The number of carbonyl (C=O) groups is 1. The molecule has 5 rings (SSSR count). The number of esters is 1. The summed E-state index contributed by atoms with van der Waals surface area (Å²) >= 11 is 7.99. The van der Waals surface area contributed by atoms with Gasteiger partial charge in [0, 0.05) is 44.7 Å². The summed E-state index contributed by atoms with van der Waals surface area (Å²) in [7, 11) is 0. The van der Waals surface area contributed by atoms with E-state index >= 15 is 0 Å². The first kappa shape index (κ1) is 23.3. The predicted octanol–water partition coefficient (Wildman–Crippen LogP) is 6.80. The molecule has 178 valence electrons. The van der Waals surface area contributed by atoms with Crippen LogP contribution in [0.25, 0.3) is 32.1 Å². The Balaban J connectivity index is 1.65. The summed E-state index contributed by atoms with van der Waals surface area (Å²) in [5, 5.41) is 5.06. The summed E-state index contributed by atoms with van der Waals surface area (Å²) in [6.07, 6.45) is 2.27. The number of carbonyl (C=O) groups excluding carboxylic acids is 1. The number of nitrogens with two attached hydrogens (primary N) is 2. The van der Waals surface area contributed by atoms with Gasteiger partial charge in [0.25, 0.3) is 0 Å². The van der Waals surface area contributed by atoms with E-state index in [1.54, 1.807) is 17.4 Å². The maximum atomic E-state index is 12.3. The molecule has 3 aromatic carbocycles. The lowest BCUT2D eigenvalue weighted by molar-refractivity contribution is -0.142. The number of fused-ring (bicyclic) bond motifs is 2. The third-order valence-electron chi connectivity index (χ3n) is 6.34. The molecule has 0 aliphatic carbocycles. The second-order valence-electron chi connectivity index (χ2n) is 8.68. The van der Waals surface area contributed by atoms with Crippen molar-refractivity contribution in [2.45, 2.75) is 26.8 Å². The number of nitrogens with zero attached hydrogens (tertiary/aromatic N) is 1. The highest BCUT2D eigenvalue weighted by molar-refractivity contribution is 7.17. The molecule has 0 fully saturated rings. The number of halogens is 1. The van der Waals surface area contributed by atoms with Gasteiger partial charge in [0.05, 0.1) is 13.0 Å². The first-order valence-electron chi connectivity index (χ1n) is 11.4. The Morgan fingerprint density at radius 1 is 1.06 bits per heavy atom. The third kappa shape index (κ3) is 4.47. The van der Waals surface area contributed by atoms with Crippen molar-refractivity contribution < 1.29 is 9.53 Å². The van der Waals surface area contributed by atoms with E-state index < -0.39 is 0 Å². The number of ether oxygens (including phenoxy) is 1. The van der Waals surface area contributed by atoms with Crippen LogP contribution in [-0.2, 0) is 22.5 Å². The normalized spacial score (nSPS) is 11.4. The fourth-order valence-electron chi connectivity index (χ4n) is 4.59. The summed E-state index contributed by atoms with van der Waals surface area (Å²) in [6, 6.07) is 16.0. The summed E-state index contributed by atoms with van der Waals surface area (Å²) in [6.45, 7) is 4.83. The second-order valence-corrected chi connectivity index (χ2v) is 10.0. The Labute approximate surface area is 212 Å². The van der Waals surface area contributed by atoms with Crippen LogP contribution in [-0.4, -0.2) is 17.1 Å². The summed E-state index contributed by atoms with van der Waals surface area (Å²) < 4.78 is 8.62. The Bertz CT molecular complexity index is 1580. The average molecular weight is 504 g/mol. The topological polar surface area (TPSA) is 83.3 Å². The first-order chi connectivity index (χ1) is 16.8. The quantitative estimate of drug-likeness (QED) is 0.197. The zero-order chi connectivity index (χ0) is 24.7. The molecule has 0 radical (unpaired) electrons. The zero-order valence-corrected chi connectivity index (χ0v) is 21.2. The van der Waals surface area contributed by atoms with Crippen molar-refractivity contribution >= 4 is 61.3 Å². The highest BCUT2D eigenvalue weighted by atomic mass is 35.5. The van der Waals surface area contributed by atoms with Crippen LogP contribution >= 0.6 is 22.9 Å². The maximum Gasteiger partial charge on any atom is 0.310 e. The molecule has 0 unspecified atom stereocenters. The molecule has 2 heterocycles. The van der Waals surface area contributed by atoms with Gasteiger partial charge in [-0.25, -0.2) is 0 Å². The van der Waals surface area contributed by atoms with E-state index in [1.165, 1.54) is 10.3 Å². The van der Waals surface area contributed by atoms with Crippen molar-refractivity contribution in [2.24, 2.45) is 0 Å². The molecule has 2 aromatic heterocycles. The molecule has 0 amide bonds. The summed E-state index contributed by atoms with van der Waals surface area (Å²) in [5.74, 6) is -0.233. The van der Waals surface area contributed by atoms with Crippen molar-refractivity contribution in [1.82, 2.24) is 4.57 Å². The van der Waals surface area contributed by atoms with Gasteiger partial charge in [-0.3, -0.25) is 4.79 Å². The van der Waals surface area contributed by atoms with Crippen molar-refractivity contribution in [3.63, 3.8) is 0 Å². The molecule has 0 bridgehead atoms. The van der Waals surface area contributed by atoms with Crippen LogP contribution in [0.15, 0.2) is 60.1 Å². The summed E-state index contributed by atoms with van der Waals surface area (Å²) in [5.41, 5.74) is 19.8. The third-order valence-corrected chi connectivity index (χ3v) is 7.59. The SMILES string of the molecule is CCOC(=O)Cc1cn(Cc2csc3ccc(Cl)cc23)c2cc(-c3cc(N)cc(N)c3C)ccc12. The number of nitrogen functional groups attached to an aromatic ring is 2. The van der Waals surface area contributed by atoms with Crippen LogP contribution in [0.3, 0.4) is 0 Å². The monoisotopic (exact) mass is 503 g/mol. The number of benzene rings is 3. The first-order valence-corrected chi connectivity index (χ1v) is 12.7. The smallest absolute Gasteiger partial charge is 0.310 e. The van der Waals surface area contributed by atoms with E-state index in [2.05, 4.69) is 40.4 Å². The second kappa shape index (κ2) is 9.29. The van der Waals surface area contributed by atoms with Crippen molar-refractivity contribution in [3.05, 3.63) is 81.8 Å². The van der Waals surface area contributed by atoms with Gasteiger partial charge in [0.2, 0.25) is 0 Å². The minimum Gasteiger partial charge on any atom is -0.466 e. The highest BCUT2D eigenvalue weighted by Crippen LogP contribution is 2.35. The van der Waals surface area contributed by atoms with E-state index in [1.807, 2.05) is 32.0 Å². The van der Waals surface area contributed by atoms with E-state index in [9.17, 15) is 4.79 Å². The number of hydrogen-bond acceptors (Lipinski definition) is 5. The van der Waals surface area contributed by atoms with Crippen LogP contribution in [0.1, 0.15) is 23.6 Å². The van der Waals surface area contributed by atoms with Crippen LogP contribution in [0.4, 0.5) is 11.4 Å². The van der Waals surface area contributed by atoms with Crippen LogP contribution in [0, 0.1) is 6.92 Å². The number of anilines is 2. The Morgan fingerprint density at radius 2 is 1.89 bits per heavy atom. The Kier molecular flexibility index (Phi) is 6.17. The standard InChI is InChI=1S/C28H26ClN3O2S/c1-3-34-28(33)9-18-13-32(14-19-15-35-27-7-5-20(29)10-24(19)27)26-8-17(4-6-22(18)26)23-11-21(30)12-25(31)16(23)2/h4-8,10-13,15H,3,9,14,30-31H2,1-2H3. The lowest BCUT2D eigenvalue weighted by Crippen LogP contribution is -2.07. The molecular formula is C28H26ClN3O2S. The molecule has 0 spiro atoms. The highest BCUT2D eigenvalue weighted by Gasteiger charge is 2.16. The molecular weight excluding hydrogens is 478 g/mol. The van der Waals surface area contributed by atoms with E-state index in [4.69, 9.17) is 27.8 Å². The van der Waals surface area contributed by atoms with Gasteiger partial charge in [-0.15, -0.1) is 11.3 Å². The maximum absolute atomic E-state index is 12.3. The minimum absolute atomic E-state index is 0.219. The van der Waals surface area contributed by atoms with Gasteiger partial charge in [-0.1, -0.05) is 23.7 Å². The summed E-state index contributed by atoms with van der Waals surface area (Å²) in [4.78, 5) is 12.3. The van der Waals surface area contributed by atoms with Crippen molar-refractivity contribution in [2.75, 3.05) is 18.1 Å². The van der Waals surface area contributed by atoms with Crippen molar-refractivity contribution in [1.29, 1.82) is 0 Å². The number of hydrogen-bond donors (Lipinski definition) is 2. The largest absolute Gasteiger partial charge is 0.466 e. The fourth-order valence-corrected chi connectivity index (χ4v) is 5.70. The van der Waals surface area contributed by atoms with E-state index in [0.717, 1.165) is 43.6 Å². The molecule has 0 saturated heterocycles. The lowest BCUT2D eigenvalue weighted by atomic mass is 9.97.